The minimum atomic E-state index is -1.13. The third kappa shape index (κ3) is 7.20. The van der Waals surface area contributed by atoms with Gasteiger partial charge in [-0.05, 0) is 48.0 Å². The number of amides is 3. The fourth-order valence-electron chi connectivity index (χ4n) is 4.11. The topological polar surface area (TPSA) is 145 Å². The first-order valence-electron chi connectivity index (χ1n) is 12.1. The van der Waals surface area contributed by atoms with Gasteiger partial charge >= 0.3 is 17.8 Å². The maximum atomic E-state index is 13.1. The Labute approximate surface area is 229 Å². The van der Waals surface area contributed by atoms with Gasteiger partial charge in [0.05, 0.1) is 23.5 Å². The fraction of sp³-hybridized carbons (Fsp3) is 0.179. The zero-order valence-electron chi connectivity index (χ0n) is 20.6. The standard InChI is InChI=1S/C28H25ClN4O6/c29-19-8-11-24(33-13-12-21(34)16-33)22(15-19)31-26(36)27(37)32-23(14-17-4-2-1-3-5-17)25(35)30-20-9-6-18(7-10-20)28(38)39/h1-11,15,23H,12-14,16H2,(H,30,35)(H,31,36)(H,32,37)(H,38,39)/t23-/m0/s1. The molecule has 1 saturated heterocycles. The molecule has 3 aromatic carbocycles. The van der Waals surface area contributed by atoms with Crippen LogP contribution in [0.15, 0.2) is 72.8 Å². The van der Waals surface area contributed by atoms with Crippen molar-refractivity contribution in [2.24, 2.45) is 0 Å². The number of benzene rings is 3. The van der Waals surface area contributed by atoms with E-state index in [0.29, 0.717) is 29.4 Å². The van der Waals surface area contributed by atoms with Crippen LogP contribution in [0.2, 0.25) is 5.02 Å². The Balaban J connectivity index is 1.49. The number of carbonyl (C=O) groups is 5. The number of aromatic carboxylic acids is 1. The Hall–Kier alpha value is -4.70. The van der Waals surface area contributed by atoms with E-state index in [4.69, 9.17) is 16.7 Å². The molecule has 0 bridgehead atoms. The largest absolute Gasteiger partial charge is 0.478 e. The number of ketones is 1. The van der Waals surface area contributed by atoms with Crippen molar-refractivity contribution in [2.45, 2.75) is 18.9 Å². The van der Waals surface area contributed by atoms with Crippen LogP contribution in [0.3, 0.4) is 0 Å². The van der Waals surface area contributed by atoms with Crippen molar-refractivity contribution in [3.63, 3.8) is 0 Å². The van der Waals surface area contributed by atoms with Gasteiger partial charge in [0, 0.05) is 30.1 Å². The van der Waals surface area contributed by atoms with Crippen LogP contribution in [0.5, 0.6) is 0 Å². The summed E-state index contributed by atoms with van der Waals surface area (Å²) in [7, 11) is 0. The van der Waals surface area contributed by atoms with Crippen molar-refractivity contribution < 1.29 is 29.1 Å². The van der Waals surface area contributed by atoms with Crippen LogP contribution in [0.25, 0.3) is 0 Å². The van der Waals surface area contributed by atoms with Gasteiger partial charge in [-0.15, -0.1) is 0 Å². The lowest BCUT2D eigenvalue weighted by Gasteiger charge is -2.22. The number of carbonyl (C=O) groups excluding carboxylic acids is 4. The molecule has 1 atom stereocenters. The number of rotatable bonds is 8. The third-order valence-electron chi connectivity index (χ3n) is 6.09. The second kappa shape index (κ2) is 12.2. The summed E-state index contributed by atoms with van der Waals surface area (Å²) in [6, 6.07) is 18.1. The van der Waals surface area contributed by atoms with Crippen molar-refractivity contribution in [3.05, 3.63) is 88.9 Å². The maximum absolute atomic E-state index is 13.1. The molecule has 1 fully saturated rings. The highest BCUT2D eigenvalue weighted by Crippen LogP contribution is 2.31. The van der Waals surface area contributed by atoms with Gasteiger partial charge < -0.3 is 26.0 Å². The first-order valence-corrected chi connectivity index (χ1v) is 12.4. The summed E-state index contributed by atoms with van der Waals surface area (Å²) in [6.07, 6.45) is 0.475. The van der Waals surface area contributed by atoms with Crippen molar-refractivity contribution in [3.8, 4) is 0 Å². The van der Waals surface area contributed by atoms with Crippen LogP contribution >= 0.6 is 11.6 Å². The first-order chi connectivity index (χ1) is 18.7. The highest BCUT2D eigenvalue weighted by Gasteiger charge is 2.27. The normalized spacial score (nSPS) is 13.5. The highest BCUT2D eigenvalue weighted by atomic mass is 35.5. The van der Waals surface area contributed by atoms with Gasteiger partial charge in [0.1, 0.15) is 6.04 Å². The number of anilines is 3. The summed E-state index contributed by atoms with van der Waals surface area (Å²) in [4.78, 5) is 63.6. The molecular weight excluding hydrogens is 524 g/mol. The number of hydrogen-bond donors (Lipinski definition) is 4. The van der Waals surface area contributed by atoms with E-state index >= 15 is 0 Å². The molecule has 1 aliphatic heterocycles. The Morgan fingerprint density at radius 2 is 1.64 bits per heavy atom. The quantitative estimate of drug-likeness (QED) is 0.316. The Morgan fingerprint density at radius 1 is 0.923 bits per heavy atom. The molecule has 4 rings (SSSR count). The number of carboxylic acids is 1. The van der Waals surface area contributed by atoms with Crippen molar-refractivity contribution in [1.82, 2.24) is 5.32 Å². The van der Waals surface area contributed by atoms with Crippen LogP contribution in [0, 0.1) is 0 Å². The number of nitrogens with zero attached hydrogens (tertiary/aromatic N) is 1. The second-order valence-corrected chi connectivity index (χ2v) is 9.35. The molecule has 3 aromatic rings. The molecule has 39 heavy (non-hydrogen) atoms. The van der Waals surface area contributed by atoms with Crippen LogP contribution in [-0.2, 0) is 25.6 Å². The Morgan fingerprint density at radius 3 is 2.28 bits per heavy atom. The lowest BCUT2D eigenvalue weighted by molar-refractivity contribution is -0.137. The summed E-state index contributed by atoms with van der Waals surface area (Å²) in [5.74, 6) is -3.70. The number of carboxylic acid groups (broad SMARTS) is 1. The number of Topliss-reactive ketones (excluding diaryl/α,β-unsaturated/α-hetero) is 1. The maximum Gasteiger partial charge on any atom is 0.335 e. The summed E-state index contributed by atoms with van der Waals surface area (Å²) in [5, 5.41) is 17.1. The molecule has 3 amide bonds. The van der Waals surface area contributed by atoms with E-state index in [1.54, 1.807) is 41.3 Å². The van der Waals surface area contributed by atoms with Gasteiger partial charge in [-0.3, -0.25) is 19.2 Å². The van der Waals surface area contributed by atoms with Crippen molar-refractivity contribution >= 4 is 58.1 Å². The molecule has 0 saturated carbocycles. The molecule has 0 radical (unpaired) electrons. The average Bonchev–Trinajstić information content (AvgIpc) is 3.35. The summed E-state index contributed by atoms with van der Waals surface area (Å²) < 4.78 is 0. The molecule has 0 spiro atoms. The summed E-state index contributed by atoms with van der Waals surface area (Å²) in [5.41, 5.74) is 1.94. The van der Waals surface area contributed by atoms with Gasteiger partial charge in [-0.1, -0.05) is 41.9 Å². The summed E-state index contributed by atoms with van der Waals surface area (Å²) >= 11 is 6.11. The van der Waals surface area contributed by atoms with E-state index in [-0.39, 0.29) is 30.0 Å². The van der Waals surface area contributed by atoms with Crippen molar-refractivity contribution in [1.29, 1.82) is 0 Å². The van der Waals surface area contributed by atoms with Crippen LogP contribution in [0.1, 0.15) is 22.3 Å². The number of nitrogens with one attached hydrogen (secondary N) is 3. The first kappa shape index (κ1) is 27.3. The fourth-order valence-corrected chi connectivity index (χ4v) is 4.28. The zero-order valence-corrected chi connectivity index (χ0v) is 21.4. The predicted molar refractivity (Wildman–Crippen MR) is 146 cm³/mol. The number of hydrogen-bond acceptors (Lipinski definition) is 6. The van der Waals surface area contributed by atoms with Crippen LogP contribution < -0.4 is 20.9 Å². The van der Waals surface area contributed by atoms with E-state index in [1.807, 2.05) is 6.07 Å². The van der Waals surface area contributed by atoms with Gasteiger partial charge in [-0.25, -0.2) is 4.79 Å². The molecule has 0 aliphatic carbocycles. The summed E-state index contributed by atoms with van der Waals surface area (Å²) in [6.45, 7) is 0.658. The van der Waals surface area contributed by atoms with Crippen LogP contribution in [0.4, 0.5) is 17.1 Å². The lowest BCUT2D eigenvalue weighted by Crippen LogP contribution is -2.49. The van der Waals surface area contributed by atoms with E-state index in [0.717, 1.165) is 5.56 Å². The average molecular weight is 549 g/mol. The van der Waals surface area contributed by atoms with E-state index < -0.39 is 29.7 Å². The molecule has 0 unspecified atom stereocenters. The van der Waals surface area contributed by atoms with Crippen molar-refractivity contribution in [2.75, 3.05) is 28.6 Å². The smallest absolute Gasteiger partial charge is 0.335 e. The highest BCUT2D eigenvalue weighted by molar-refractivity contribution is 6.40. The third-order valence-corrected chi connectivity index (χ3v) is 6.32. The SMILES string of the molecule is O=C1CCN(c2ccc(Cl)cc2NC(=O)C(=O)N[C@@H](Cc2ccccc2)C(=O)Nc2ccc(C(=O)O)cc2)C1. The molecule has 1 heterocycles. The predicted octanol–water partition coefficient (Wildman–Crippen LogP) is 3.12. The van der Waals surface area contributed by atoms with E-state index in [2.05, 4.69) is 16.0 Å². The molecular formula is C28H25ClN4O6. The van der Waals surface area contributed by atoms with Gasteiger partial charge in [0.15, 0.2) is 5.78 Å². The lowest BCUT2D eigenvalue weighted by atomic mass is 10.0. The van der Waals surface area contributed by atoms with Gasteiger partial charge in [-0.2, -0.15) is 0 Å². The second-order valence-electron chi connectivity index (χ2n) is 8.91. The van der Waals surface area contributed by atoms with Gasteiger partial charge in [0.2, 0.25) is 5.91 Å². The molecule has 10 nitrogen and oxygen atoms in total. The number of halogens is 1. The zero-order chi connectivity index (χ0) is 27.9. The van der Waals surface area contributed by atoms with E-state index in [1.165, 1.54) is 30.3 Å². The Bertz CT molecular complexity index is 1410. The minimum Gasteiger partial charge on any atom is -0.478 e. The molecule has 1 aliphatic rings. The molecule has 200 valence electrons. The minimum absolute atomic E-state index is 0.0532. The molecule has 11 heteroatoms. The molecule has 4 N–H and O–H groups in total. The van der Waals surface area contributed by atoms with Crippen LogP contribution in [-0.4, -0.2) is 53.7 Å². The Kier molecular flexibility index (Phi) is 8.57. The van der Waals surface area contributed by atoms with Gasteiger partial charge in [0.25, 0.3) is 0 Å². The molecule has 0 aromatic heterocycles. The van der Waals surface area contributed by atoms with E-state index in [9.17, 15) is 24.0 Å². The monoisotopic (exact) mass is 548 g/mol.